The second-order valence-corrected chi connectivity index (χ2v) is 6.66. The van der Waals surface area contributed by atoms with Crippen LogP contribution in [-0.2, 0) is 0 Å². The van der Waals surface area contributed by atoms with E-state index in [-0.39, 0.29) is 5.78 Å². The van der Waals surface area contributed by atoms with Crippen LogP contribution in [0.15, 0.2) is 31.8 Å². The first kappa shape index (κ1) is 13.5. The lowest BCUT2D eigenvalue weighted by atomic mass is 10.1. The Hall–Kier alpha value is -0.920. The third kappa shape index (κ3) is 3.09. The SMILES string of the molecule is CSc1nnc(Sc2ccc(C(C)=O)cc2F)s1. The van der Waals surface area contributed by atoms with Crippen molar-refractivity contribution in [1.29, 1.82) is 0 Å². The fourth-order valence-corrected chi connectivity index (χ4v) is 3.62. The number of benzene rings is 1. The Morgan fingerprint density at radius 3 is 2.61 bits per heavy atom. The van der Waals surface area contributed by atoms with E-state index in [9.17, 15) is 9.18 Å². The largest absolute Gasteiger partial charge is 0.295 e. The molecule has 94 valence electrons. The number of nitrogens with zero attached hydrogens (tertiary/aromatic N) is 2. The molecule has 1 heterocycles. The summed E-state index contributed by atoms with van der Waals surface area (Å²) in [5.74, 6) is -0.556. The third-order valence-electron chi connectivity index (χ3n) is 2.10. The van der Waals surface area contributed by atoms with Gasteiger partial charge in [-0.05, 0) is 25.3 Å². The van der Waals surface area contributed by atoms with Gasteiger partial charge in [0.05, 0.1) is 4.90 Å². The van der Waals surface area contributed by atoms with Gasteiger partial charge in [-0.1, -0.05) is 40.9 Å². The minimum Gasteiger partial charge on any atom is -0.295 e. The second kappa shape index (κ2) is 5.81. The van der Waals surface area contributed by atoms with E-state index < -0.39 is 5.82 Å². The molecule has 0 amide bonds. The van der Waals surface area contributed by atoms with Gasteiger partial charge in [0, 0.05) is 5.56 Å². The van der Waals surface area contributed by atoms with E-state index in [2.05, 4.69) is 10.2 Å². The second-order valence-electron chi connectivity index (χ2n) is 3.34. The number of rotatable bonds is 4. The Labute approximate surface area is 116 Å². The Balaban J connectivity index is 2.21. The molecule has 0 atom stereocenters. The molecule has 0 fully saturated rings. The molecular formula is C11H9FN2OS3. The first-order valence-electron chi connectivity index (χ1n) is 4.96. The van der Waals surface area contributed by atoms with E-state index in [1.807, 2.05) is 6.26 Å². The van der Waals surface area contributed by atoms with E-state index >= 15 is 0 Å². The maximum Gasteiger partial charge on any atom is 0.179 e. The van der Waals surface area contributed by atoms with Crippen LogP contribution in [0.4, 0.5) is 4.39 Å². The van der Waals surface area contributed by atoms with E-state index in [0.717, 1.165) is 4.34 Å². The molecule has 0 aliphatic carbocycles. The lowest BCUT2D eigenvalue weighted by Gasteiger charge is -2.01. The van der Waals surface area contributed by atoms with E-state index in [1.165, 1.54) is 47.9 Å². The van der Waals surface area contributed by atoms with Gasteiger partial charge in [-0.2, -0.15) is 0 Å². The zero-order valence-corrected chi connectivity index (χ0v) is 12.1. The molecule has 0 spiro atoms. The molecule has 2 rings (SSSR count). The van der Waals surface area contributed by atoms with Gasteiger partial charge < -0.3 is 0 Å². The summed E-state index contributed by atoms with van der Waals surface area (Å²) in [7, 11) is 0. The molecule has 1 aromatic carbocycles. The van der Waals surface area contributed by atoms with Crippen molar-refractivity contribution in [2.24, 2.45) is 0 Å². The molecule has 0 saturated carbocycles. The average Bonchev–Trinajstić information content (AvgIpc) is 2.79. The van der Waals surface area contributed by atoms with E-state index in [4.69, 9.17) is 0 Å². The highest BCUT2D eigenvalue weighted by atomic mass is 32.2. The molecule has 0 unspecified atom stereocenters. The van der Waals surface area contributed by atoms with Crippen LogP contribution >= 0.6 is 34.9 Å². The summed E-state index contributed by atoms with van der Waals surface area (Å²) in [6, 6.07) is 4.46. The summed E-state index contributed by atoms with van der Waals surface area (Å²) in [4.78, 5) is 11.6. The Morgan fingerprint density at radius 2 is 2.06 bits per heavy atom. The van der Waals surface area contributed by atoms with Crippen LogP contribution in [0.2, 0.25) is 0 Å². The minimum absolute atomic E-state index is 0.147. The number of Topliss-reactive ketones (excluding diaryl/α,β-unsaturated/α-hetero) is 1. The Kier molecular flexibility index (Phi) is 4.36. The van der Waals surface area contributed by atoms with Crippen LogP contribution < -0.4 is 0 Å². The van der Waals surface area contributed by atoms with Crippen molar-refractivity contribution in [3.05, 3.63) is 29.6 Å². The van der Waals surface area contributed by atoms with Gasteiger partial charge in [0.2, 0.25) is 0 Å². The molecule has 18 heavy (non-hydrogen) atoms. The number of carbonyl (C=O) groups excluding carboxylic acids is 1. The van der Waals surface area contributed by atoms with Crippen LogP contribution in [0.1, 0.15) is 17.3 Å². The molecular weight excluding hydrogens is 291 g/mol. The number of thioether (sulfide) groups is 1. The summed E-state index contributed by atoms with van der Waals surface area (Å²) in [5.41, 5.74) is 0.374. The smallest absolute Gasteiger partial charge is 0.179 e. The molecule has 2 aromatic rings. The number of hydrogen-bond acceptors (Lipinski definition) is 6. The maximum atomic E-state index is 13.8. The first-order valence-corrected chi connectivity index (χ1v) is 7.81. The minimum atomic E-state index is -0.409. The molecule has 0 N–H and O–H groups in total. The van der Waals surface area contributed by atoms with Gasteiger partial charge in [-0.3, -0.25) is 4.79 Å². The fraction of sp³-hybridized carbons (Fsp3) is 0.182. The molecule has 0 radical (unpaired) electrons. The Bertz CT molecular complexity index is 585. The number of carbonyl (C=O) groups is 1. The topological polar surface area (TPSA) is 42.9 Å². The first-order chi connectivity index (χ1) is 8.60. The monoisotopic (exact) mass is 300 g/mol. The van der Waals surface area contributed by atoms with Gasteiger partial charge in [0.15, 0.2) is 14.5 Å². The van der Waals surface area contributed by atoms with Crippen molar-refractivity contribution in [3.8, 4) is 0 Å². The molecule has 0 saturated heterocycles. The molecule has 0 bridgehead atoms. The van der Waals surface area contributed by atoms with Gasteiger partial charge in [-0.15, -0.1) is 10.2 Å². The average molecular weight is 300 g/mol. The quantitative estimate of drug-likeness (QED) is 0.635. The number of hydrogen-bond donors (Lipinski definition) is 0. The van der Waals surface area contributed by atoms with E-state index in [0.29, 0.717) is 14.8 Å². The lowest BCUT2D eigenvalue weighted by molar-refractivity contribution is 0.101. The molecule has 3 nitrogen and oxygen atoms in total. The van der Waals surface area contributed by atoms with Gasteiger partial charge in [0.25, 0.3) is 0 Å². The molecule has 0 aliphatic rings. The number of ketones is 1. The zero-order valence-electron chi connectivity index (χ0n) is 9.64. The summed E-state index contributed by atoms with van der Waals surface area (Å²) >= 11 is 4.14. The third-order valence-corrected chi connectivity index (χ3v) is 5.10. The van der Waals surface area contributed by atoms with Crippen molar-refractivity contribution in [2.75, 3.05) is 6.26 Å². The number of aromatic nitrogens is 2. The van der Waals surface area contributed by atoms with E-state index in [1.54, 1.807) is 12.1 Å². The van der Waals surface area contributed by atoms with Crippen LogP contribution in [0.5, 0.6) is 0 Å². The fourth-order valence-electron chi connectivity index (χ4n) is 1.22. The lowest BCUT2D eigenvalue weighted by Crippen LogP contribution is -1.93. The van der Waals surface area contributed by atoms with Crippen molar-refractivity contribution < 1.29 is 9.18 Å². The van der Waals surface area contributed by atoms with Crippen LogP contribution in [0.25, 0.3) is 0 Å². The highest BCUT2D eigenvalue weighted by molar-refractivity contribution is 8.03. The summed E-state index contributed by atoms with van der Waals surface area (Å²) in [6.07, 6.45) is 1.91. The van der Waals surface area contributed by atoms with Crippen molar-refractivity contribution in [1.82, 2.24) is 10.2 Å². The molecule has 0 aliphatic heterocycles. The maximum absolute atomic E-state index is 13.8. The van der Waals surface area contributed by atoms with Crippen molar-refractivity contribution in [3.63, 3.8) is 0 Å². The zero-order chi connectivity index (χ0) is 13.1. The highest BCUT2D eigenvalue weighted by Gasteiger charge is 2.11. The van der Waals surface area contributed by atoms with Crippen LogP contribution in [0.3, 0.4) is 0 Å². The summed E-state index contributed by atoms with van der Waals surface area (Å²) in [5, 5.41) is 7.90. The summed E-state index contributed by atoms with van der Waals surface area (Å²) in [6.45, 7) is 1.41. The highest BCUT2D eigenvalue weighted by Crippen LogP contribution is 2.34. The van der Waals surface area contributed by atoms with Gasteiger partial charge in [0.1, 0.15) is 5.82 Å². The molecule has 7 heteroatoms. The van der Waals surface area contributed by atoms with Crippen LogP contribution in [0, 0.1) is 5.82 Å². The summed E-state index contributed by atoms with van der Waals surface area (Å²) < 4.78 is 15.3. The van der Waals surface area contributed by atoms with Crippen molar-refractivity contribution >= 4 is 40.6 Å². The predicted molar refractivity (Wildman–Crippen MR) is 72.2 cm³/mol. The van der Waals surface area contributed by atoms with Gasteiger partial charge in [-0.25, -0.2) is 4.39 Å². The Morgan fingerprint density at radius 1 is 1.33 bits per heavy atom. The van der Waals surface area contributed by atoms with Crippen molar-refractivity contribution in [2.45, 2.75) is 20.5 Å². The molecule has 1 aromatic heterocycles. The van der Waals surface area contributed by atoms with Crippen LogP contribution in [-0.4, -0.2) is 22.2 Å². The standard InChI is InChI=1S/C11H9FN2OS3/c1-6(15)7-3-4-9(8(12)5-7)17-11-14-13-10(16-2)18-11/h3-5H,1-2H3. The number of halogens is 1. The predicted octanol–water partition coefficient (Wildman–Crippen LogP) is 3.75. The normalized spacial score (nSPS) is 10.6. The van der Waals surface area contributed by atoms with Gasteiger partial charge >= 0.3 is 0 Å².